The number of fused-ring (bicyclic) bond motifs is 5. The second-order valence-electron chi connectivity index (χ2n) is 8.45. The molecule has 2 fully saturated rings. The van der Waals surface area contributed by atoms with Crippen molar-refractivity contribution in [3.8, 4) is 0 Å². The molecule has 1 saturated heterocycles. The summed E-state index contributed by atoms with van der Waals surface area (Å²) in [4.78, 5) is 0. The van der Waals surface area contributed by atoms with Gasteiger partial charge in [-0.3, -0.25) is 0 Å². The Labute approximate surface area is 135 Å². The quantitative estimate of drug-likeness (QED) is 0.723. The standard InChI is InChI=1S/C20H32O2/c1-12(2)15-9-8-14(4)17-16-11-13(3)7-6-10-20(5,21)19(22-16)18(15)17/h7,12,15-19,21H,4,6,8-11H2,1-3,5H3/b13-7-/t15-,16-,17-,18-,19+,20-/m1/s1. The van der Waals surface area contributed by atoms with Crippen LogP contribution in [0.3, 0.4) is 0 Å². The molecule has 22 heavy (non-hydrogen) atoms. The zero-order valence-corrected chi connectivity index (χ0v) is 14.6. The SMILES string of the molecule is C=C1CC[C@H](C(C)C)[C@@H]2[C@H]1[C@H]1C/C(C)=C\CC[C@@](C)(O)[C@H]2O1. The smallest absolute Gasteiger partial charge is 0.0901 e. The molecule has 0 aromatic carbocycles. The van der Waals surface area contributed by atoms with Crippen LogP contribution in [0.15, 0.2) is 23.8 Å². The average Bonchev–Trinajstić information content (AvgIpc) is 2.80. The molecule has 0 amide bonds. The minimum atomic E-state index is -0.733. The van der Waals surface area contributed by atoms with Gasteiger partial charge in [-0.25, -0.2) is 0 Å². The highest BCUT2D eigenvalue weighted by atomic mass is 16.5. The fraction of sp³-hybridized carbons (Fsp3) is 0.800. The predicted molar refractivity (Wildman–Crippen MR) is 90.6 cm³/mol. The summed E-state index contributed by atoms with van der Waals surface area (Å²) in [6.07, 6.45) is 7.54. The Kier molecular flexibility index (Phi) is 4.28. The molecule has 124 valence electrons. The number of hydrogen-bond acceptors (Lipinski definition) is 2. The van der Waals surface area contributed by atoms with Crippen LogP contribution in [0.25, 0.3) is 0 Å². The molecule has 3 aliphatic rings. The second kappa shape index (κ2) is 5.79. The molecule has 0 spiro atoms. The molecule has 2 bridgehead atoms. The topological polar surface area (TPSA) is 29.5 Å². The highest BCUT2D eigenvalue weighted by molar-refractivity contribution is 5.20. The predicted octanol–water partition coefficient (Wildman–Crippen LogP) is 4.49. The number of hydrogen-bond donors (Lipinski definition) is 1. The maximum Gasteiger partial charge on any atom is 0.0901 e. The highest BCUT2D eigenvalue weighted by Gasteiger charge is 2.56. The summed E-state index contributed by atoms with van der Waals surface area (Å²) in [5, 5.41) is 11.1. The van der Waals surface area contributed by atoms with Crippen molar-refractivity contribution in [3.63, 3.8) is 0 Å². The number of ether oxygens (including phenoxy) is 1. The molecule has 2 aliphatic heterocycles. The first-order chi connectivity index (χ1) is 10.3. The molecular weight excluding hydrogens is 272 g/mol. The van der Waals surface area contributed by atoms with Crippen LogP contribution in [0.1, 0.15) is 59.8 Å². The maximum atomic E-state index is 11.1. The van der Waals surface area contributed by atoms with Crippen molar-refractivity contribution in [2.75, 3.05) is 0 Å². The van der Waals surface area contributed by atoms with Gasteiger partial charge in [0.05, 0.1) is 17.8 Å². The van der Waals surface area contributed by atoms with Crippen LogP contribution in [-0.2, 0) is 4.74 Å². The summed E-state index contributed by atoms with van der Waals surface area (Å²) in [6.45, 7) is 13.2. The number of aliphatic hydroxyl groups is 1. The lowest BCUT2D eigenvalue weighted by Gasteiger charge is -2.43. The first-order valence-electron chi connectivity index (χ1n) is 9.02. The van der Waals surface area contributed by atoms with Crippen LogP contribution >= 0.6 is 0 Å². The van der Waals surface area contributed by atoms with Crippen molar-refractivity contribution in [2.24, 2.45) is 23.7 Å². The third-order valence-corrected chi connectivity index (χ3v) is 6.39. The van der Waals surface area contributed by atoms with Gasteiger partial charge in [-0.15, -0.1) is 0 Å². The normalized spacial score (nSPS) is 48.2. The molecule has 1 saturated carbocycles. The van der Waals surface area contributed by atoms with E-state index in [1.54, 1.807) is 0 Å². The second-order valence-corrected chi connectivity index (χ2v) is 8.45. The summed E-state index contributed by atoms with van der Waals surface area (Å²) < 4.78 is 6.51. The van der Waals surface area contributed by atoms with Crippen molar-refractivity contribution in [1.82, 2.24) is 0 Å². The summed E-state index contributed by atoms with van der Waals surface area (Å²) in [5.41, 5.74) is 2.03. The van der Waals surface area contributed by atoms with Gasteiger partial charge in [-0.2, -0.15) is 0 Å². The van der Waals surface area contributed by atoms with Gasteiger partial charge in [-0.1, -0.05) is 37.6 Å². The van der Waals surface area contributed by atoms with Crippen molar-refractivity contribution in [1.29, 1.82) is 0 Å². The highest BCUT2D eigenvalue weighted by Crippen LogP contribution is 2.54. The van der Waals surface area contributed by atoms with Crippen LogP contribution in [-0.4, -0.2) is 22.9 Å². The molecule has 2 nitrogen and oxygen atoms in total. The first kappa shape index (κ1) is 16.3. The Morgan fingerprint density at radius 2 is 2.14 bits per heavy atom. The maximum absolute atomic E-state index is 11.1. The Morgan fingerprint density at radius 3 is 2.82 bits per heavy atom. The van der Waals surface area contributed by atoms with E-state index in [1.807, 2.05) is 6.92 Å². The molecular formula is C20H32O2. The lowest BCUT2D eigenvalue weighted by Crippen LogP contribution is -2.48. The van der Waals surface area contributed by atoms with E-state index in [-0.39, 0.29) is 12.2 Å². The van der Waals surface area contributed by atoms with Crippen molar-refractivity contribution in [2.45, 2.75) is 77.6 Å². The molecule has 6 atom stereocenters. The fourth-order valence-electron chi connectivity index (χ4n) is 5.20. The van der Waals surface area contributed by atoms with Crippen LogP contribution in [0.4, 0.5) is 0 Å². The van der Waals surface area contributed by atoms with E-state index in [9.17, 15) is 5.11 Å². The monoisotopic (exact) mass is 304 g/mol. The van der Waals surface area contributed by atoms with Crippen molar-refractivity contribution >= 4 is 0 Å². The molecule has 2 heteroatoms. The summed E-state index contributed by atoms with van der Waals surface area (Å²) in [6, 6.07) is 0. The lowest BCUT2D eigenvalue weighted by molar-refractivity contribution is -0.116. The zero-order valence-electron chi connectivity index (χ0n) is 14.6. The molecule has 0 unspecified atom stereocenters. The fourth-order valence-corrected chi connectivity index (χ4v) is 5.20. The molecule has 0 aromatic rings. The minimum absolute atomic E-state index is 0.0359. The first-order valence-corrected chi connectivity index (χ1v) is 9.02. The Hall–Kier alpha value is -0.600. The number of rotatable bonds is 1. The molecule has 1 N–H and O–H groups in total. The largest absolute Gasteiger partial charge is 0.387 e. The Morgan fingerprint density at radius 1 is 1.41 bits per heavy atom. The molecule has 0 aromatic heterocycles. The molecule has 3 rings (SSSR count). The van der Waals surface area contributed by atoms with Crippen LogP contribution in [0.2, 0.25) is 0 Å². The van der Waals surface area contributed by atoms with Crippen LogP contribution in [0, 0.1) is 23.7 Å². The van der Waals surface area contributed by atoms with Gasteiger partial charge in [-0.05, 0) is 63.7 Å². The van der Waals surface area contributed by atoms with Gasteiger partial charge in [0.15, 0.2) is 0 Å². The molecule has 0 radical (unpaired) electrons. The van der Waals surface area contributed by atoms with Gasteiger partial charge >= 0.3 is 0 Å². The minimum Gasteiger partial charge on any atom is -0.387 e. The van der Waals surface area contributed by atoms with Crippen LogP contribution < -0.4 is 0 Å². The van der Waals surface area contributed by atoms with Crippen molar-refractivity contribution in [3.05, 3.63) is 23.8 Å². The molecule has 2 heterocycles. The van der Waals surface area contributed by atoms with E-state index in [0.717, 1.165) is 25.7 Å². The average molecular weight is 304 g/mol. The van der Waals surface area contributed by atoms with Gasteiger partial charge < -0.3 is 9.84 Å². The van der Waals surface area contributed by atoms with Gasteiger partial charge in [0.2, 0.25) is 0 Å². The van der Waals surface area contributed by atoms with E-state index in [0.29, 0.717) is 23.7 Å². The summed E-state index contributed by atoms with van der Waals surface area (Å²) in [5.74, 6) is 2.15. The van der Waals surface area contributed by atoms with E-state index in [2.05, 4.69) is 33.4 Å². The zero-order chi connectivity index (χ0) is 16.1. The third kappa shape index (κ3) is 2.69. The Balaban J connectivity index is 2.02. The summed E-state index contributed by atoms with van der Waals surface area (Å²) in [7, 11) is 0. The Bertz CT molecular complexity index is 474. The van der Waals surface area contributed by atoms with Crippen LogP contribution in [0.5, 0.6) is 0 Å². The number of allylic oxidation sites excluding steroid dienone is 1. The van der Waals surface area contributed by atoms with Gasteiger partial charge in [0.25, 0.3) is 0 Å². The van der Waals surface area contributed by atoms with E-state index >= 15 is 0 Å². The van der Waals surface area contributed by atoms with E-state index in [1.165, 1.54) is 17.6 Å². The lowest BCUT2D eigenvalue weighted by atomic mass is 9.61. The summed E-state index contributed by atoms with van der Waals surface area (Å²) >= 11 is 0. The van der Waals surface area contributed by atoms with Crippen molar-refractivity contribution < 1.29 is 9.84 Å². The third-order valence-electron chi connectivity index (χ3n) is 6.39. The van der Waals surface area contributed by atoms with Gasteiger partial charge in [0, 0.05) is 5.92 Å². The van der Waals surface area contributed by atoms with Gasteiger partial charge in [0.1, 0.15) is 0 Å². The van der Waals surface area contributed by atoms with E-state index < -0.39 is 5.60 Å². The van der Waals surface area contributed by atoms with E-state index in [4.69, 9.17) is 4.74 Å². The molecule has 1 aliphatic carbocycles.